The van der Waals surface area contributed by atoms with Gasteiger partial charge in [0.2, 0.25) is 0 Å². The topological polar surface area (TPSA) is 74.2 Å². The van der Waals surface area contributed by atoms with Crippen molar-refractivity contribution in [2.24, 2.45) is 17.3 Å². The van der Waals surface area contributed by atoms with Gasteiger partial charge in [-0.25, -0.2) is 0 Å². The molecule has 1 aliphatic carbocycles. The molecule has 6 nitrogen and oxygen atoms in total. The minimum absolute atomic E-state index is 0.0257. The van der Waals surface area contributed by atoms with Gasteiger partial charge in [0.15, 0.2) is 6.29 Å². The first-order chi connectivity index (χ1) is 24.2. The lowest BCUT2D eigenvalue weighted by molar-refractivity contribution is -0.198. The molecule has 2 fully saturated rings. The summed E-state index contributed by atoms with van der Waals surface area (Å²) >= 11 is 0. The van der Waals surface area contributed by atoms with E-state index in [0.29, 0.717) is 19.6 Å². The number of ether oxygens (including phenoxy) is 3. The molecule has 1 aliphatic heterocycles. The number of carbonyl (C=O) groups excluding carboxylic acids is 1. The first kappa shape index (κ1) is 38.2. The van der Waals surface area contributed by atoms with Gasteiger partial charge in [-0.2, -0.15) is 0 Å². The summed E-state index contributed by atoms with van der Waals surface area (Å²) in [6.45, 7) is 8.25. The lowest BCUT2D eigenvalue weighted by Gasteiger charge is -2.44. The first-order valence-corrected chi connectivity index (χ1v) is 20.5. The Kier molecular flexibility index (Phi) is 13.7. The zero-order valence-corrected chi connectivity index (χ0v) is 31.6. The lowest BCUT2D eigenvalue weighted by Crippen LogP contribution is -2.67. The van der Waals surface area contributed by atoms with Gasteiger partial charge < -0.3 is 23.7 Å². The molecule has 3 aromatic carbocycles. The normalized spacial score (nSPS) is 24.4. The third-order valence-corrected chi connectivity index (χ3v) is 16.0. The van der Waals surface area contributed by atoms with Crippen LogP contribution in [0.15, 0.2) is 103 Å². The molecule has 0 radical (unpaired) electrons. The number of aliphatic hydroxyl groups is 1. The number of esters is 1. The number of methoxy groups -OCH3 is 1. The molecule has 0 aromatic heterocycles. The van der Waals surface area contributed by atoms with Crippen molar-refractivity contribution in [1.82, 2.24) is 0 Å². The maximum atomic E-state index is 11.7. The van der Waals surface area contributed by atoms with Crippen molar-refractivity contribution in [1.29, 1.82) is 0 Å². The molecule has 2 aliphatic rings. The van der Waals surface area contributed by atoms with E-state index < -0.39 is 13.7 Å². The van der Waals surface area contributed by atoms with Crippen LogP contribution in [0.4, 0.5) is 0 Å². The second kappa shape index (κ2) is 17.9. The van der Waals surface area contributed by atoms with Crippen LogP contribution in [0.2, 0.25) is 5.04 Å². The van der Waals surface area contributed by atoms with Gasteiger partial charge in [-0.3, -0.25) is 4.79 Å². The van der Waals surface area contributed by atoms with Crippen LogP contribution >= 0.6 is 0 Å². The Hall–Kier alpha value is -3.07. The van der Waals surface area contributed by atoms with Crippen LogP contribution in [0.1, 0.15) is 77.7 Å². The molecular weight excluding hydrogens is 641 g/mol. The standard InChI is InChI=1S/C43H58O6Si/c1-42(2,3)50(35-22-12-8-13-23-35,36-24-14-9-15-25-36)48-32-37-38(26-16-5-6-17-27-40(45)46-4)43(33-44,30-34-20-10-7-11-21-34)31-39(37)49-41-28-18-19-29-47-41/h5,7-16,20-25,37-39,41,44H,6,17-19,26-33H2,1-4H3/t37-,38-,39-,41?,43-/m1/s1. The smallest absolute Gasteiger partial charge is 0.305 e. The van der Waals surface area contributed by atoms with E-state index in [0.717, 1.165) is 51.4 Å². The highest BCUT2D eigenvalue weighted by Crippen LogP contribution is 2.53. The average molecular weight is 699 g/mol. The van der Waals surface area contributed by atoms with Crippen LogP contribution in [-0.4, -0.2) is 58.7 Å². The van der Waals surface area contributed by atoms with Gasteiger partial charge in [0, 0.05) is 37.6 Å². The number of allylic oxidation sites excluding steroid dienone is 2. The summed E-state index contributed by atoms with van der Waals surface area (Å²) in [6, 6.07) is 32.2. The van der Waals surface area contributed by atoms with Crippen LogP contribution in [-0.2, 0) is 29.9 Å². The maximum Gasteiger partial charge on any atom is 0.305 e. The highest BCUT2D eigenvalue weighted by atomic mass is 28.4. The summed E-state index contributed by atoms with van der Waals surface area (Å²) < 4.78 is 25.6. The van der Waals surface area contributed by atoms with E-state index in [9.17, 15) is 9.90 Å². The van der Waals surface area contributed by atoms with E-state index in [1.54, 1.807) is 0 Å². The number of carbonyl (C=O) groups is 1. The van der Waals surface area contributed by atoms with Gasteiger partial charge in [-0.1, -0.05) is 124 Å². The van der Waals surface area contributed by atoms with Gasteiger partial charge in [-0.15, -0.1) is 0 Å². The largest absolute Gasteiger partial charge is 0.469 e. The van der Waals surface area contributed by atoms with Crippen LogP contribution < -0.4 is 10.4 Å². The Morgan fingerprint density at radius 3 is 2.14 bits per heavy atom. The number of rotatable bonds is 16. The Balaban J connectivity index is 1.54. The second-order valence-corrected chi connectivity index (χ2v) is 19.6. The summed E-state index contributed by atoms with van der Waals surface area (Å²) in [5.74, 6) is -0.0593. The van der Waals surface area contributed by atoms with E-state index in [4.69, 9.17) is 18.6 Å². The predicted molar refractivity (Wildman–Crippen MR) is 203 cm³/mol. The molecule has 5 rings (SSSR count). The van der Waals surface area contributed by atoms with E-state index in [2.05, 4.69) is 118 Å². The molecule has 1 saturated carbocycles. The molecule has 5 atom stereocenters. The van der Waals surface area contributed by atoms with E-state index in [1.165, 1.54) is 23.0 Å². The first-order valence-electron chi connectivity index (χ1n) is 18.6. The molecule has 0 spiro atoms. The summed E-state index contributed by atoms with van der Waals surface area (Å²) in [5, 5.41) is 13.8. The fourth-order valence-electron chi connectivity index (χ4n) is 8.48. The maximum absolute atomic E-state index is 11.7. The minimum atomic E-state index is -2.83. The van der Waals surface area contributed by atoms with Crippen molar-refractivity contribution in [3.05, 3.63) is 109 Å². The SMILES string of the molecule is COC(=O)CCCC=CC[C@@H]1[C@@H](CO[Si](c2ccccc2)(c2ccccc2)C(C)(C)C)[C@H](OC2CCCCO2)C[C@@]1(CO)Cc1ccccc1. The zero-order chi connectivity index (χ0) is 35.5. The van der Waals surface area contributed by atoms with Gasteiger partial charge in [0.1, 0.15) is 0 Å². The van der Waals surface area contributed by atoms with Crippen molar-refractivity contribution >= 4 is 24.7 Å². The number of unbranched alkanes of at least 4 members (excludes halogenated alkanes) is 1. The third kappa shape index (κ3) is 9.04. The van der Waals surface area contributed by atoms with E-state index >= 15 is 0 Å². The molecule has 270 valence electrons. The molecular formula is C43H58O6Si. The lowest BCUT2D eigenvalue weighted by atomic mass is 9.70. The van der Waals surface area contributed by atoms with Crippen molar-refractivity contribution in [3.8, 4) is 0 Å². The fourth-order valence-corrected chi connectivity index (χ4v) is 13.1. The molecule has 7 heteroatoms. The highest BCUT2D eigenvalue weighted by Gasteiger charge is 2.56. The molecule has 0 bridgehead atoms. The summed E-state index contributed by atoms with van der Waals surface area (Å²) in [5.41, 5.74) is 0.811. The minimum Gasteiger partial charge on any atom is -0.469 e. The molecule has 50 heavy (non-hydrogen) atoms. The van der Waals surface area contributed by atoms with Crippen molar-refractivity contribution < 1.29 is 28.5 Å². The van der Waals surface area contributed by atoms with Crippen LogP contribution in [0, 0.1) is 17.3 Å². The molecule has 1 unspecified atom stereocenters. The Morgan fingerprint density at radius 2 is 1.58 bits per heavy atom. The molecule has 1 saturated heterocycles. The van der Waals surface area contributed by atoms with Crippen LogP contribution in [0.25, 0.3) is 0 Å². The highest BCUT2D eigenvalue weighted by molar-refractivity contribution is 6.99. The fraction of sp³-hybridized carbons (Fsp3) is 0.512. The summed E-state index contributed by atoms with van der Waals surface area (Å²) in [7, 11) is -1.40. The van der Waals surface area contributed by atoms with E-state index in [-0.39, 0.29) is 41.8 Å². The zero-order valence-electron chi connectivity index (χ0n) is 30.6. The monoisotopic (exact) mass is 698 g/mol. The Labute approximate surface area is 301 Å². The Morgan fingerprint density at radius 1 is 0.940 bits per heavy atom. The quantitative estimate of drug-likeness (QED) is 0.0719. The molecule has 0 amide bonds. The van der Waals surface area contributed by atoms with Gasteiger partial charge in [0.25, 0.3) is 8.32 Å². The van der Waals surface area contributed by atoms with E-state index in [1.807, 2.05) is 6.07 Å². The average Bonchev–Trinajstić information content (AvgIpc) is 3.42. The number of hydrogen-bond donors (Lipinski definition) is 1. The molecule has 3 aromatic rings. The number of aliphatic hydroxyl groups excluding tert-OH is 1. The van der Waals surface area contributed by atoms with Gasteiger partial charge >= 0.3 is 5.97 Å². The third-order valence-electron chi connectivity index (χ3n) is 11.0. The summed E-state index contributed by atoms with van der Waals surface area (Å²) in [6.07, 6.45) is 11.3. The summed E-state index contributed by atoms with van der Waals surface area (Å²) in [4.78, 5) is 11.7. The van der Waals surface area contributed by atoms with Crippen molar-refractivity contribution in [2.45, 2.75) is 96.0 Å². The van der Waals surface area contributed by atoms with Crippen molar-refractivity contribution in [2.75, 3.05) is 26.9 Å². The molecule has 1 N–H and O–H groups in total. The predicted octanol–water partition coefficient (Wildman–Crippen LogP) is 7.62. The second-order valence-electron chi connectivity index (χ2n) is 15.3. The van der Waals surface area contributed by atoms with Crippen LogP contribution in [0.5, 0.6) is 0 Å². The van der Waals surface area contributed by atoms with Gasteiger partial charge in [0.05, 0.1) is 13.2 Å². The van der Waals surface area contributed by atoms with Crippen molar-refractivity contribution in [3.63, 3.8) is 0 Å². The number of benzene rings is 3. The number of hydrogen-bond acceptors (Lipinski definition) is 6. The van der Waals surface area contributed by atoms with Gasteiger partial charge in [-0.05, 0) is 78.3 Å². The molecule has 1 heterocycles. The van der Waals surface area contributed by atoms with Crippen LogP contribution in [0.3, 0.4) is 0 Å². The Bertz CT molecular complexity index is 1430.